The number of carbonyl (C=O) groups is 1. The maximum absolute atomic E-state index is 13.3. The molecule has 1 rings (SSSR count). The quantitative estimate of drug-likeness (QED) is 0.762. The van der Waals surface area contributed by atoms with E-state index in [4.69, 9.17) is 10.00 Å². The van der Waals surface area contributed by atoms with E-state index in [9.17, 15) is 9.18 Å². The van der Waals surface area contributed by atoms with Crippen molar-refractivity contribution in [1.29, 1.82) is 5.26 Å². The summed E-state index contributed by atoms with van der Waals surface area (Å²) in [6, 6.07) is 5.66. The summed E-state index contributed by atoms with van der Waals surface area (Å²) in [7, 11) is 0. The highest BCUT2D eigenvalue weighted by atomic mass is 19.1. The number of rotatable bonds is 3. The molecule has 0 N–H and O–H groups in total. The van der Waals surface area contributed by atoms with Crippen molar-refractivity contribution in [2.45, 2.75) is 20.0 Å². The smallest absolute Gasteiger partial charge is 0.169 e. The lowest BCUT2D eigenvalue weighted by Crippen LogP contribution is -2.21. The van der Waals surface area contributed by atoms with Crippen LogP contribution in [-0.2, 0) is 4.79 Å². The molecular weight excluding hydrogens is 197 g/mol. The van der Waals surface area contributed by atoms with Crippen LogP contribution in [0.1, 0.15) is 19.4 Å². The number of ether oxygens (including phenoxy) is 1. The van der Waals surface area contributed by atoms with Gasteiger partial charge in [0.1, 0.15) is 0 Å². The largest absolute Gasteiger partial charge is 0.480 e. The minimum atomic E-state index is -0.688. The summed E-state index contributed by atoms with van der Waals surface area (Å²) in [5, 5.41) is 8.51. The van der Waals surface area contributed by atoms with E-state index in [0.717, 1.165) is 6.07 Å². The Kier molecular flexibility index (Phi) is 3.40. The van der Waals surface area contributed by atoms with Gasteiger partial charge in [0.05, 0.1) is 11.6 Å². The van der Waals surface area contributed by atoms with E-state index in [2.05, 4.69) is 0 Å². The first-order valence-electron chi connectivity index (χ1n) is 4.41. The SMILES string of the molecule is CC(=O)C(C)Oc1ccc(C#N)cc1F. The zero-order valence-electron chi connectivity index (χ0n) is 8.45. The number of nitriles is 1. The summed E-state index contributed by atoms with van der Waals surface area (Å²) in [4.78, 5) is 10.9. The second-order valence-electron chi connectivity index (χ2n) is 3.13. The van der Waals surface area contributed by atoms with Gasteiger partial charge in [0.25, 0.3) is 0 Å². The van der Waals surface area contributed by atoms with Crippen molar-refractivity contribution in [1.82, 2.24) is 0 Å². The van der Waals surface area contributed by atoms with Crippen LogP contribution in [0.15, 0.2) is 18.2 Å². The fraction of sp³-hybridized carbons (Fsp3) is 0.273. The summed E-state index contributed by atoms with van der Waals surface area (Å²) in [6.07, 6.45) is -0.688. The van der Waals surface area contributed by atoms with E-state index in [1.165, 1.54) is 19.1 Å². The number of Topliss-reactive ketones (excluding diaryl/α,β-unsaturated/α-hetero) is 1. The molecule has 0 spiro atoms. The third-order valence-electron chi connectivity index (χ3n) is 1.94. The van der Waals surface area contributed by atoms with Crippen molar-refractivity contribution in [3.63, 3.8) is 0 Å². The van der Waals surface area contributed by atoms with Gasteiger partial charge < -0.3 is 4.74 Å². The number of benzene rings is 1. The summed E-state index contributed by atoms with van der Waals surface area (Å²) in [5.74, 6) is -0.836. The van der Waals surface area contributed by atoms with E-state index < -0.39 is 11.9 Å². The van der Waals surface area contributed by atoms with Crippen LogP contribution in [0.25, 0.3) is 0 Å². The molecule has 4 heteroatoms. The van der Waals surface area contributed by atoms with E-state index in [0.29, 0.717) is 0 Å². The number of hydrogen-bond acceptors (Lipinski definition) is 3. The molecule has 0 radical (unpaired) electrons. The van der Waals surface area contributed by atoms with Gasteiger partial charge in [-0.15, -0.1) is 0 Å². The van der Waals surface area contributed by atoms with Gasteiger partial charge in [-0.25, -0.2) is 4.39 Å². The molecule has 0 aromatic heterocycles. The van der Waals surface area contributed by atoms with Crippen molar-refractivity contribution in [2.24, 2.45) is 0 Å². The summed E-state index contributed by atoms with van der Waals surface area (Å²) < 4.78 is 18.3. The maximum Gasteiger partial charge on any atom is 0.169 e. The summed E-state index contributed by atoms with van der Waals surface area (Å²) >= 11 is 0. The van der Waals surface area contributed by atoms with Gasteiger partial charge in [0.15, 0.2) is 23.5 Å². The lowest BCUT2D eigenvalue weighted by atomic mass is 10.2. The normalized spacial score (nSPS) is 11.6. The minimum Gasteiger partial charge on any atom is -0.480 e. The van der Waals surface area contributed by atoms with E-state index in [-0.39, 0.29) is 17.1 Å². The monoisotopic (exact) mass is 207 g/mol. The molecule has 3 nitrogen and oxygen atoms in total. The summed E-state index contributed by atoms with van der Waals surface area (Å²) in [5.41, 5.74) is 0.218. The van der Waals surface area contributed by atoms with E-state index in [1.807, 2.05) is 6.07 Å². The summed E-state index contributed by atoms with van der Waals surface area (Å²) in [6.45, 7) is 2.91. The topological polar surface area (TPSA) is 50.1 Å². The fourth-order valence-corrected chi connectivity index (χ4v) is 0.939. The Bertz CT molecular complexity index is 423. The Labute approximate surface area is 87.1 Å². The maximum atomic E-state index is 13.3. The van der Waals surface area contributed by atoms with Crippen molar-refractivity contribution in [3.8, 4) is 11.8 Å². The molecule has 0 amide bonds. The second-order valence-corrected chi connectivity index (χ2v) is 3.13. The van der Waals surface area contributed by atoms with Crippen molar-refractivity contribution >= 4 is 5.78 Å². The molecule has 0 saturated carbocycles. The van der Waals surface area contributed by atoms with Crippen LogP contribution in [0.3, 0.4) is 0 Å². The van der Waals surface area contributed by atoms with E-state index >= 15 is 0 Å². The standard InChI is InChI=1S/C11H10FNO2/c1-7(14)8(2)15-11-4-3-9(6-13)5-10(11)12/h3-5,8H,1-2H3. The van der Waals surface area contributed by atoms with Gasteiger partial charge in [-0.1, -0.05) is 0 Å². The third kappa shape index (κ3) is 2.78. The van der Waals surface area contributed by atoms with Gasteiger partial charge >= 0.3 is 0 Å². The molecule has 78 valence electrons. The first-order valence-corrected chi connectivity index (χ1v) is 4.41. The van der Waals surface area contributed by atoms with Crippen LogP contribution in [0, 0.1) is 17.1 Å². The van der Waals surface area contributed by atoms with Crippen molar-refractivity contribution in [3.05, 3.63) is 29.6 Å². The Balaban J connectivity index is 2.88. The zero-order valence-corrected chi connectivity index (χ0v) is 8.45. The molecule has 1 aromatic carbocycles. The fourth-order valence-electron chi connectivity index (χ4n) is 0.939. The zero-order chi connectivity index (χ0) is 11.4. The van der Waals surface area contributed by atoms with E-state index in [1.54, 1.807) is 6.92 Å². The third-order valence-corrected chi connectivity index (χ3v) is 1.94. The average Bonchev–Trinajstić information content (AvgIpc) is 2.20. The van der Waals surface area contributed by atoms with Gasteiger partial charge in [-0.05, 0) is 32.0 Å². The molecule has 1 atom stereocenters. The van der Waals surface area contributed by atoms with Crippen molar-refractivity contribution < 1.29 is 13.9 Å². The molecule has 1 aromatic rings. The van der Waals surface area contributed by atoms with Crippen LogP contribution in [0.2, 0.25) is 0 Å². The predicted molar refractivity (Wildman–Crippen MR) is 51.9 cm³/mol. The molecule has 0 bridgehead atoms. The van der Waals surface area contributed by atoms with Gasteiger partial charge in [-0.2, -0.15) is 5.26 Å². The number of carbonyl (C=O) groups excluding carboxylic acids is 1. The van der Waals surface area contributed by atoms with Crippen molar-refractivity contribution in [2.75, 3.05) is 0 Å². The molecule has 0 aliphatic heterocycles. The molecule has 0 fully saturated rings. The molecule has 0 heterocycles. The van der Waals surface area contributed by atoms with Gasteiger partial charge in [-0.3, -0.25) is 4.79 Å². The number of hydrogen-bond donors (Lipinski definition) is 0. The van der Waals surface area contributed by atoms with Crippen LogP contribution >= 0.6 is 0 Å². The van der Waals surface area contributed by atoms with Crippen LogP contribution < -0.4 is 4.74 Å². The Morgan fingerprint density at radius 1 is 1.60 bits per heavy atom. The molecule has 0 saturated heterocycles. The first-order chi connectivity index (χ1) is 7.04. The molecule has 1 unspecified atom stereocenters. The number of halogens is 1. The van der Waals surface area contributed by atoms with Gasteiger partial charge in [0, 0.05) is 0 Å². The second kappa shape index (κ2) is 4.56. The molecule has 0 aliphatic rings. The first kappa shape index (κ1) is 11.2. The Morgan fingerprint density at radius 3 is 2.73 bits per heavy atom. The Hall–Kier alpha value is -1.89. The number of nitrogens with zero attached hydrogens (tertiary/aromatic N) is 1. The predicted octanol–water partition coefficient (Wildman–Crippen LogP) is 2.05. The van der Waals surface area contributed by atoms with Crippen LogP contribution in [-0.4, -0.2) is 11.9 Å². The lowest BCUT2D eigenvalue weighted by molar-refractivity contribution is -0.122. The minimum absolute atomic E-state index is 0.0169. The molecule has 0 aliphatic carbocycles. The number of ketones is 1. The lowest BCUT2D eigenvalue weighted by Gasteiger charge is -2.11. The highest BCUT2D eigenvalue weighted by Crippen LogP contribution is 2.19. The highest BCUT2D eigenvalue weighted by Gasteiger charge is 2.12. The Morgan fingerprint density at radius 2 is 2.27 bits per heavy atom. The molecule has 15 heavy (non-hydrogen) atoms. The highest BCUT2D eigenvalue weighted by molar-refractivity contribution is 5.80. The van der Waals surface area contributed by atoms with Gasteiger partial charge in [0.2, 0.25) is 0 Å². The average molecular weight is 207 g/mol. The van der Waals surface area contributed by atoms with Crippen LogP contribution in [0.4, 0.5) is 4.39 Å². The van der Waals surface area contributed by atoms with Crippen LogP contribution in [0.5, 0.6) is 5.75 Å². The molecular formula is C11H10FNO2.